The summed E-state index contributed by atoms with van der Waals surface area (Å²) in [5.41, 5.74) is -0.574. The number of nitrogens with zero attached hydrogens (tertiary/aromatic N) is 2. The molecule has 80 valence electrons. The van der Waals surface area contributed by atoms with Crippen molar-refractivity contribution in [3.8, 4) is 5.88 Å². The van der Waals surface area contributed by atoms with E-state index in [-0.39, 0.29) is 5.69 Å². The van der Waals surface area contributed by atoms with Gasteiger partial charge in [0.05, 0.1) is 0 Å². The maximum Gasteiger partial charge on any atom is 0.574 e. The third kappa shape index (κ3) is 2.61. The third-order valence-electron chi connectivity index (χ3n) is 1.38. The standard InChI is InChI=1S/C7H9F3N2O2/c1-6(2,3)4-5(12-14-11-4)13-7(8,9)10/h1-3H3. The molecule has 4 nitrogen and oxygen atoms in total. The molecule has 0 aromatic carbocycles. The maximum absolute atomic E-state index is 11.9. The molecule has 0 spiro atoms. The first-order valence-corrected chi connectivity index (χ1v) is 3.79. The van der Waals surface area contributed by atoms with Crippen LogP contribution in [0.2, 0.25) is 0 Å². The molecule has 0 fully saturated rings. The summed E-state index contributed by atoms with van der Waals surface area (Å²) in [5, 5.41) is 6.40. The minimum atomic E-state index is -4.78. The molecule has 1 rings (SSSR count). The highest BCUT2D eigenvalue weighted by molar-refractivity contribution is 5.22. The van der Waals surface area contributed by atoms with Gasteiger partial charge in [0.1, 0.15) is 0 Å². The number of halogens is 3. The van der Waals surface area contributed by atoms with E-state index in [0.717, 1.165) is 0 Å². The topological polar surface area (TPSA) is 48.2 Å². The molecule has 0 saturated heterocycles. The summed E-state index contributed by atoms with van der Waals surface area (Å²) in [6.45, 7) is 5.03. The molecule has 14 heavy (non-hydrogen) atoms. The average Bonchev–Trinajstić information content (AvgIpc) is 2.29. The van der Waals surface area contributed by atoms with Crippen molar-refractivity contribution in [2.75, 3.05) is 0 Å². The molecule has 0 atom stereocenters. The molecule has 0 aliphatic rings. The van der Waals surface area contributed by atoms with Crippen LogP contribution in [0.1, 0.15) is 26.5 Å². The van der Waals surface area contributed by atoms with Gasteiger partial charge in [-0.15, -0.1) is 13.2 Å². The van der Waals surface area contributed by atoms with Crippen LogP contribution in [0.15, 0.2) is 4.63 Å². The lowest BCUT2D eigenvalue weighted by molar-refractivity contribution is -0.277. The van der Waals surface area contributed by atoms with Gasteiger partial charge in [-0.05, 0) is 5.16 Å². The van der Waals surface area contributed by atoms with Gasteiger partial charge in [-0.25, -0.2) is 4.63 Å². The van der Waals surface area contributed by atoms with Crippen molar-refractivity contribution in [1.82, 2.24) is 10.3 Å². The lowest BCUT2D eigenvalue weighted by atomic mass is 9.93. The molecule has 0 aliphatic carbocycles. The molecular formula is C7H9F3N2O2. The zero-order valence-electron chi connectivity index (χ0n) is 7.84. The van der Waals surface area contributed by atoms with E-state index in [9.17, 15) is 13.2 Å². The van der Waals surface area contributed by atoms with Crippen LogP contribution in [0, 0.1) is 0 Å². The van der Waals surface area contributed by atoms with E-state index in [4.69, 9.17) is 0 Å². The van der Waals surface area contributed by atoms with Crippen LogP contribution in [0.3, 0.4) is 0 Å². The minimum absolute atomic E-state index is 0.0369. The Morgan fingerprint density at radius 2 is 1.71 bits per heavy atom. The normalized spacial score (nSPS) is 13.0. The van der Waals surface area contributed by atoms with Crippen molar-refractivity contribution in [3.63, 3.8) is 0 Å². The van der Waals surface area contributed by atoms with Gasteiger partial charge in [0.15, 0.2) is 5.69 Å². The zero-order chi connectivity index (χ0) is 11.0. The third-order valence-corrected chi connectivity index (χ3v) is 1.38. The highest BCUT2D eigenvalue weighted by Gasteiger charge is 2.36. The van der Waals surface area contributed by atoms with E-state index < -0.39 is 17.7 Å². The van der Waals surface area contributed by atoms with Gasteiger partial charge >= 0.3 is 6.36 Å². The summed E-state index contributed by atoms with van der Waals surface area (Å²) < 4.78 is 43.4. The first kappa shape index (κ1) is 10.8. The van der Waals surface area contributed by atoms with Crippen LogP contribution in [0.5, 0.6) is 5.88 Å². The van der Waals surface area contributed by atoms with Gasteiger partial charge in [-0.1, -0.05) is 25.9 Å². The molecular weight excluding hydrogens is 201 g/mol. The molecule has 0 radical (unpaired) electrons. The lowest BCUT2D eigenvalue weighted by Gasteiger charge is -2.15. The Bertz CT molecular complexity index is 313. The second-order valence-corrected chi connectivity index (χ2v) is 3.72. The van der Waals surface area contributed by atoms with E-state index >= 15 is 0 Å². The van der Waals surface area contributed by atoms with Gasteiger partial charge in [-0.2, -0.15) is 0 Å². The molecule has 1 aromatic heterocycles. The number of hydrogen-bond donors (Lipinski definition) is 0. The number of hydrogen-bond acceptors (Lipinski definition) is 4. The van der Waals surface area contributed by atoms with Crippen LogP contribution in [-0.2, 0) is 5.41 Å². The Hall–Kier alpha value is -1.27. The zero-order valence-corrected chi connectivity index (χ0v) is 7.84. The quantitative estimate of drug-likeness (QED) is 0.713. The maximum atomic E-state index is 11.9. The predicted octanol–water partition coefficient (Wildman–Crippen LogP) is 2.27. The van der Waals surface area contributed by atoms with Gasteiger partial charge in [0, 0.05) is 5.41 Å². The summed E-state index contributed by atoms with van der Waals surface area (Å²) >= 11 is 0. The summed E-state index contributed by atoms with van der Waals surface area (Å²) in [5.74, 6) is -0.634. The fraction of sp³-hybridized carbons (Fsp3) is 0.714. The van der Waals surface area contributed by atoms with Crippen LogP contribution < -0.4 is 4.74 Å². The Kier molecular flexibility index (Phi) is 2.43. The second-order valence-electron chi connectivity index (χ2n) is 3.72. The Morgan fingerprint density at radius 3 is 2.14 bits per heavy atom. The SMILES string of the molecule is CC(C)(C)c1nonc1OC(F)(F)F. The first-order chi connectivity index (χ1) is 6.20. The summed E-state index contributed by atoms with van der Waals surface area (Å²) in [4.78, 5) is 0. The molecule has 1 heterocycles. The Balaban J connectivity index is 2.95. The first-order valence-electron chi connectivity index (χ1n) is 3.79. The highest BCUT2D eigenvalue weighted by Crippen LogP contribution is 2.31. The smallest absolute Gasteiger partial charge is 0.382 e. The molecule has 0 N–H and O–H groups in total. The van der Waals surface area contributed by atoms with Gasteiger partial charge < -0.3 is 4.74 Å². The monoisotopic (exact) mass is 210 g/mol. The molecule has 0 bridgehead atoms. The van der Waals surface area contributed by atoms with Crippen molar-refractivity contribution in [2.45, 2.75) is 32.5 Å². The van der Waals surface area contributed by atoms with Crippen LogP contribution in [0.4, 0.5) is 13.2 Å². The lowest BCUT2D eigenvalue weighted by Crippen LogP contribution is -2.21. The Morgan fingerprint density at radius 1 is 1.14 bits per heavy atom. The highest BCUT2D eigenvalue weighted by atomic mass is 19.4. The minimum Gasteiger partial charge on any atom is -0.382 e. The molecule has 1 aromatic rings. The van der Waals surface area contributed by atoms with Crippen molar-refractivity contribution >= 4 is 0 Å². The van der Waals surface area contributed by atoms with Gasteiger partial charge in [0.25, 0.3) is 5.88 Å². The van der Waals surface area contributed by atoms with E-state index in [1.165, 1.54) is 0 Å². The van der Waals surface area contributed by atoms with E-state index in [0.29, 0.717) is 0 Å². The van der Waals surface area contributed by atoms with E-state index in [1.54, 1.807) is 20.8 Å². The molecule has 0 aliphatic heterocycles. The van der Waals surface area contributed by atoms with Crippen LogP contribution in [0.25, 0.3) is 0 Å². The summed E-state index contributed by atoms with van der Waals surface area (Å²) in [6, 6.07) is 0. The number of rotatable bonds is 1. The predicted molar refractivity (Wildman–Crippen MR) is 39.7 cm³/mol. The fourth-order valence-corrected chi connectivity index (χ4v) is 0.815. The molecule has 0 amide bonds. The summed E-state index contributed by atoms with van der Waals surface area (Å²) in [6.07, 6.45) is -4.78. The van der Waals surface area contributed by atoms with Crippen molar-refractivity contribution < 1.29 is 22.5 Å². The number of alkyl halides is 3. The van der Waals surface area contributed by atoms with Crippen molar-refractivity contribution in [3.05, 3.63) is 5.69 Å². The van der Waals surface area contributed by atoms with E-state index in [2.05, 4.69) is 19.7 Å². The van der Waals surface area contributed by atoms with E-state index in [1.807, 2.05) is 0 Å². The van der Waals surface area contributed by atoms with Crippen LogP contribution >= 0.6 is 0 Å². The molecule has 0 saturated carbocycles. The molecule has 0 unspecified atom stereocenters. The largest absolute Gasteiger partial charge is 0.574 e. The van der Waals surface area contributed by atoms with Gasteiger partial charge in [-0.3, -0.25) is 0 Å². The van der Waals surface area contributed by atoms with Crippen molar-refractivity contribution in [1.29, 1.82) is 0 Å². The second kappa shape index (κ2) is 3.14. The van der Waals surface area contributed by atoms with Gasteiger partial charge in [0.2, 0.25) is 0 Å². The number of aromatic nitrogens is 2. The summed E-state index contributed by atoms with van der Waals surface area (Å²) in [7, 11) is 0. The molecule has 7 heteroatoms. The Labute approximate surface area is 78.0 Å². The van der Waals surface area contributed by atoms with Crippen molar-refractivity contribution in [2.24, 2.45) is 0 Å². The van der Waals surface area contributed by atoms with Crippen LogP contribution in [-0.4, -0.2) is 16.7 Å². The average molecular weight is 210 g/mol. The fourth-order valence-electron chi connectivity index (χ4n) is 0.815. The number of ether oxygens (including phenoxy) is 1.